The number of nitrogens with zero attached hydrogens (tertiary/aromatic N) is 1. The maximum atomic E-state index is 13.2. The van der Waals surface area contributed by atoms with Gasteiger partial charge in [0.25, 0.3) is 0 Å². The molecule has 2 aromatic rings. The number of hydrogen-bond donors (Lipinski definition) is 0. The van der Waals surface area contributed by atoms with Gasteiger partial charge in [-0.1, -0.05) is 6.07 Å². The summed E-state index contributed by atoms with van der Waals surface area (Å²) in [5, 5.41) is 0. The molecule has 1 heterocycles. The van der Waals surface area contributed by atoms with Gasteiger partial charge >= 0.3 is 5.97 Å². The number of rotatable bonds is 6. The van der Waals surface area contributed by atoms with Crippen LogP contribution in [0.15, 0.2) is 39.6 Å². The van der Waals surface area contributed by atoms with Gasteiger partial charge in [-0.25, -0.2) is 13.2 Å². The van der Waals surface area contributed by atoms with Gasteiger partial charge in [-0.05, 0) is 57.5 Å². The molecule has 0 bridgehead atoms. The van der Waals surface area contributed by atoms with Crippen molar-refractivity contribution < 1.29 is 22.4 Å². The third kappa shape index (κ3) is 4.11. The molecule has 0 atom stereocenters. The average molecular weight is 365 g/mol. The normalized spacial score (nSPS) is 12.0. The predicted molar refractivity (Wildman–Crippen MR) is 93.8 cm³/mol. The number of methoxy groups -OCH3 is 1. The average Bonchev–Trinajstić information content (AvgIpc) is 2.97. The monoisotopic (exact) mass is 365 g/mol. The van der Waals surface area contributed by atoms with Crippen LogP contribution in [0.3, 0.4) is 0 Å². The summed E-state index contributed by atoms with van der Waals surface area (Å²) in [5.74, 6) is 0.714. The number of carbonyl (C=O) groups excluding carboxylic acids is 1. The molecule has 0 saturated heterocycles. The van der Waals surface area contributed by atoms with Crippen LogP contribution in [0.4, 0.5) is 0 Å². The summed E-state index contributed by atoms with van der Waals surface area (Å²) in [5.41, 5.74) is 0.762. The van der Waals surface area contributed by atoms with Crippen LogP contribution in [0.25, 0.3) is 0 Å². The lowest BCUT2D eigenvalue weighted by molar-refractivity contribution is 0.0600. The van der Waals surface area contributed by atoms with E-state index in [1.54, 1.807) is 45.0 Å². The molecule has 6 nitrogen and oxygen atoms in total. The van der Waals surface area contributed by atoms with E-state index in [9.17, 15) is 13.2 Å². The van der Waals surface area contributed by atoms with E-state index in [2.05, 4.69) is 4.74 Å². The largest absolute Gasteiger partial charge is 0.465 e. The summed E-state index contributed by atoms with van der Waals surface area (Å²) in [6.45, 7) is 7.22. The molecular weight excluding hydrogens is 342 g/mol. The summed E-state index contributed by atoms with van der Waals surface area (Å²) < 4.78 is 38.0. The van der Waals surface area contributed by atoms with Gasteiger partial charge in [0.2, 0.25) is 10.0 Å². The van der Waals surface area contributed by atoms with Gasteiger partial charge in [0, 0.05) is 6.04 Å². The van der Waals surface area contributed by atoms with Crippen LogP contribution in [0.1, 0.15) is 41.3 Å². The third-order valence-corrected chi connectivity index (χ3v) is 6.04. The van der Waals surface area contributed by atoms with Crippen LogP contribution in [-0.2, 0) is 21.3 Å². The van der Waals surface area contributed by atoms with Crippen molar-refractivity contribution in [2.24, 2.45) is 0 Å². The number of esters is 1. The minimum Gasteiger partial charge on any atom is -0.465 e. The minimum absolute atomic E-state index is 0.0902. The number of furan rings is 1. The van der Waals surface area contributed by atoms with Gasteiger partial charge in [-0.2, -0.15) is 4.31 Å². The van der Waals surface area contributed by atoms with E-state index in [1.165, 1.54) is 17.5 Å². The van der Waals surface area contributed by atoms with Crippen LogP contribution >= 0.6 is 0 Å². The van der Waals surface area contributed by atoms with Gasteiger partial charge in [0.1, 0.15) is 11.5 Å². The van der Waals surface area contributed by atoms with E-state index < -0.39 is 16.0 Å². The Kier molecular flexibility index (Phi) is 5.69. The Bertz CT molecular complexity index is 867. The first-order valence-electron chi connectivity index (χ1n) is 7.93. The first-order chi connectivity index (χ1) is 11.7. The molecule has 0 spiro atoms. The molecule has 2 rings (SSSR count). The Hall–Kier alpha value is -2.12. The highest BCUT2D eigenvalue weighted by Crippen LogP contribution is 2.25. The fraction of sp³-hybridized carbons (Fsp3) is 0.389. The van der Waals surface area contributed by atoms with Crippen molar-refractivity contribution in [2.45, 2.75) is 45.2 Å². The van der Waals surface area contributed by atoms with Crippen LogP contribution in [0.2, 0.25) is 0 Å². The summed E-state index contributed by atoms with van der Waals surface area (Å²) >= 11 is 0. The summed E-state index contributed by atoms with van der Waals surface area (Å²) in [7, 11) is -2.56. The molecule has 0 N–H and O–H groups in total. The Morgan fingerprint density at radius 1 is 1.20 bits per heavy atom. The standard InChI is InChI=1S/C18H23NO5S/c1-12(2)19(11-16-9-7-14(4)24-16)25(21,22)17-10-15(18(20)23-5)8-6-13(17)3/h6-10,12H,11H2,1-5H3. The van der Waals surface area contributed by atoms with E-state index >= 15 is 0 Å². The lowest BCUT2D eigenvalue weighted by Gasteiger charge is -2.26. The van der Waals surface area contributed by atoms with Gasteiger partial charge in [-0.3, -0.25) is 0 Å². The number of benzene rings is 1. The highest BCUT2D eigenvalue weighted by molar-refractivity contribution is 7.89. The zero-order valence-corrected chi connectivity index (χ0v) is 15.9. The molecule has 0 saturated carbocycles. The molecule has 0 aliphatic heterocycles. The lowest BCUT2D eigenvalue weighted by Crippen LogP contribution is -2.36. The fourth-order valence-electron chi connectivity index (χ4n) is 2.52. The van der Waals surface area contributed by atoms with Crippen molar-refractivity contribution in [1.82, 2.24) is 4.31 Å². The first kappa shape index (κ1) is 19.2. The van der Waals surface area contributed by atoms with Crippen LogP contribution in [0.5, 0.6) is 0 Å². The second-order valence-corrected chi connectivity index (χ2v) is 7.99. The second kappa shape index (κ2) is 7.41. The topological polar surface area (TPSA) is 76.8 Å². The minimum atomic E-state index is -3.82. The smallest absolute Gasteiger partial charge is 0.337 e. The molecule has 0 amide bonds. The summed E-state index contributed by atoms with van der Waals surface area (Å²) in [6, 6.07) is 7.79. The molecule has 0 aliphatic rings. The van der Waals surface area contributed by atoms with E-state index in [4.69, 9.17) is 4.42 Å². The number of carbonyl (C=O) groups is 1. The lowest BCUT2D eigenvalue weighted by atomic mass is 10.1. The summed E-state index contributed by atoms with van der Waals surface area (Å²) in [6.07, 6.45) is 0. The highest BCUT2D eigenvalue weighted by atomic mass is 32.2. The summed E-state index contributed by atoms with van der Waals surface area (Å²) in [4.78, 5) is 11.8. The Morgan fingerprint density at radius 2 is 1.88 bits per heavy atom. The SMILES string of the molecule is COC(=O)c1ccc(C)c(S(=O)(=O)N(Cc2ccc(C)o2)C(C)C)c1. The molecule has 0 unspecified atom stereocenters. The molecule has 7 heteroatoms. The molecule has 25 heavy (non-hydrogen) atoms. The molecule has 1 aromatic heterocycles. The van der Waals surface area contributed by atoms with Crippen LogP contribution in [0, 0.1) is 13.8 Å². The van der Waals surface area contributed by atoms with Crippen molar-refractivity contribution in [1.29, 1.82) is 0 Å². The van der Waals surface area contributed by atoms with E-state index in [0.717, 1.165) is 5.76 Å². The van der Waals surface area contributed by atoms with Crippen molar-refractivity contribution >= 4 is 16.0 Å². The third-order valence-electron chi connectivity index (χ3n) is 3.88. The molecule has 0 aliphatic carbocycles. The predicted octanol–water partition coefficient (Wildman–Crippen LogP) is 3.28. The van der Waals surface area contributed by atoms with E-state index in [1.807, 2.05) is 6.92 Å². The molecule has 1 aromatic carbocycles. The van der Waals surface area contributed by atoms with Gasteiger partial charge in [0.15, 0.2) is 0 Å². The Morgan fingerprint density at radius 3 is 2.40 bits per heavy atom. The highest BCUT2D eigenvalue weighted by Gasteiger charge is 2.30. The number of ether oxygens (including phenoxy) is 1. The molecular formula is C18H23NO5S. The van der Waals surface area contributed by atoms with Crippen LogP contribution < -0.4 is 0 Å². The molecule has 0 radical (unpaired) electrons. The van der Waals surface area contributed by atoms with Gasteiger partial charge < -0.3 is 9.15 Å². The maximum Gasteiger partial charge on any atom is 0.337 e. The van der Waals surface area contributed by atoms with Crippen molar-refractivity contribution in [3.05, 3.63) is 53.0 Å². The van der Waals surface area contributed by atoms with Crippen molar-refractivity contribution in [3.8, 4) is 0 Å². The zero-order chi connectivity index (χ0) is 18.8. The zero-order valence-electron chi connectivity index (χ0n) is 15.1. The van der Waals surface area contributed by atoms with Crippen LogP contribution in [-0.4, -0.2) is 31.8 Å². The molecule has 136 valence electrons. The van der Waals surface area contributed by atoms with E-state index in [0.29, 0.717) is 11.3 Å². The Labute approximate surface area is 148 Å². The van der Waals surface area contributed by atoms with Crippen molar-refractivity contribution in [2.75, 3.05) is 7.11 Å². The second-order valence-electron chi connectivity index (χ2n) is 6.13. The van der Waals surface area contributed by atoms with Gasteiger partial charge in [-0.15, -0.1) is 0 Å². The first-order valence-corrected chi connectivity index (χ1v) is 9.37. The number of sulfonamides is 1. The quantitative estimate of drug-likeness (QED) is 0.734. The maximum absolute atomic E-state index is 13.2. The van der Waals surface area contributed by atoms with Crippen molar-refractivity contribution in [3.63, 3.8) is 0 Å². The number of hydrogen-bond acceptors (Lipinski definition) is 5. The van der Waals surface area contributed by atoms with Gasteiger partial charge in [0.05, 0.1) is 24.1 Å². The Balaban J connectivity index is 2.48. The van der Waals surface area contributed by atoms with E-state index in [-0.39, 0.29) is 23.0 Å². The fourth-order valence-corrected chi connectivity index (χ4v) is 4.37. The number of aryl methyl sites for hydroxylation is 2. The molecule has 0 fully saturated rings.